The number of hydrogen-bond donors (Lipinski definition) is 2. The van der Waals surface area contributed by atoms with Crippen molar-refractivity contribution in [2.45, 2.75) is 40.0 Å². The molecule has 0 aliphatic heterocycles. The molecule has 3 heteroatoms. The lowest BCUT2D eigenvalue weighted by atomic mass is 9.90. The fourth-order valence-electron chi connectivity index (χ4n) is 1.60. The van der Waals surface area contributed by atoms with Crippen LogP contribution in [0.5, 0.6) is 0 Å². The molecule has 1 aromatic carbocycles. The molecule has 0 fully saturated rings. The van der Waals surface area contributed by atoms with Crippen LogP contribution in [0.2, 0.25) is 0 Å². The molecule has 0 aliphatic carbocycles. The normalized spacial score (nSPS) is 11.2. The zero-order valence-corrected chi connectivity index (χ0v) is 10.9. The van der Waals surface area contributed by atoms with Crippen LogP contribution < -0.4 is 11.1 Å². The van der Waals surface area contributed by atoms with Crippen LogP contribution in [-0.2, 0) is 4.79 Å². The molecule has 1 amide bonds. The largest absolute Gasteiger partial charge is 0.397 e. The smallest absolute Gasteiger partial charge is 0.224 e. The Morgan fingerprint density at radius 1 is 1.29 bits per heavy atom. The van der Waals surface area contributed by atoms with E-state index in [1.54, 1.807) is 6.07 Å². The summed E-state index contributed by atoms with van der Waals surface area (Å²) in [6, 6.07) is 7.31. The summed E-state index contributed by atoms with van der Waals surface area (Å²) in [5.41, 5.74) is 7.35. The predicted octanol–water partition coefficient (Wildman–Crippen LogP) is 3.42. The Morgan fingerprint density at radius 3 is 2.53 bits per heavy atom. The summed E-state index contributed by atoms with van der Waals surface area (Å²) in [5.74, 6) is 0.0344. The first-order valence-electron chi connectivity index (χ1n) is 6.03. The lowest BCUT2D eigenvalue weighted by Gasteiger charge is -2.17. The van der Waals surface area contributed by atoms with E-state index in [1.165, 1.54) is 0 Å². The fourth-order valence-corrected chi connectivity index (χ4v) is 1.60. The number of nitrogen functional groups attached to an aromatic ring is 1. The Bertz CT molecular complexity index is 380. The molecule has 17 heavy (non-hydrogen) atoms. The Kier molecular flexibility index (Phi) is 4.55. The van der Waals surface area contributed by atoms with Crippen molar-refractivity contribution in [2.75, 3.05) is 11.1 Å². The minimum atomic E-state index is 0.0344. The summed E-state index contributed by atoms with van der Waals surface area (Å²) in [7, 11) is 0. The average molecular weight is 234 g/mol. The number of rotatable bonds is 4. The summed E-state index contributed by atoms with van der Waals surface area (Å²) < 4.78 is 0. The van der Waals surface area contributed by atoms with E-state index in [4.69, 9.17) is 5.73 Å². The van der Waals surface area contributed by atoms with E-state index in [9.17, 15) is 4.79 Å². The molecule has 0 aromatic heterocycles. The number of benzene rings is 1. The highest BCUT2D eigenvalue weighted by Crippen LogP contribution is 2.22. The first-order valence-corrected chi connectivity index (χ1v) is 6.03. The molecule has 0 unspecified atom stereocenters. The molecule has 1 rings (SSSR count). The van der Waals surface area contributed by atoms with Crippen molar-refractivity contribution in [3.63, 3.8) is 0 Å². The van der Waals surface area contributed by atoms with Crippen molar-refractivity contribution < 1.29 is 4.79 Å². The number of carbonyl (C=O) groups is 1. The van der Waals surface area contributed by atoms with Crippen molar-refractivity contribution in [1.82, 2.24) is 0 Å². The molecule has 0 saturated heterocycles. The topological polar surface area (TPSA) is 55.1 Å². The highest BCUT2D eigenvalue weighted by Gasteiger charge is 2.11. The summed E-state index contributed by atoms with van der Waals surface area (Å²) in [6.07, 6.45) is 2.50. The molecule has 94 valence electrons. The summed E-state index contributed by atoms with van der Waals surface area (Å²) in [5, 5.41) is 2.83. The van der Waals surface area contributed by atoms with E-state index in [0.29, 0.717) is 17.8 Å². The van der Waals surface area contributed by atoms with Gasteiger partial charge in [-0.05, 0) is 30.4 Å². The number of hydrogen-bond acceptors (Lipinski definition) is 2. The quantitative estimate of drug-likeness (QED) is 0.784. The second-order valence-electron chi connectivity index (χ2n) is 5.55. The maximum atomic E-state index is 11.7. The van der Waals surface area contributed by atoms with Crippen LogP contribution in [0, 0.1) is 5.41 Å². The van der Waals surface area contributed by atoms with Gasteiger partial charge >= 0.3 is 0 Å². The number of amides is 1. The van der Waals surface area contributed by atoms with E-state index in [-0.39, 0.29) is 11.3 Å². The van der Waals surface area contributed by atoms with E-state index in [2.05, 4.69) is 26.1 Å². The molecule has 0 bridgehead atoms. The zero-order valence-electron chi connectivity index (χ0n) is 10.9. The summed E-state index contributed by atoms with van der Waals surface area (Å²) >= 11 is 0. The molecule has 0 heterocycles. The molecule has 0 atom stereocenters. The van der Waals surface area contributed by atoms with Crippen LogP contribution in [0.25, 0.3) is 0 Å². The number of nitrogens with two attached hydrogens (primary N) is 1. The number of nitrogens with one attached hydrogen (secondary N) is 1. The summed E-state index contributed by atoms with van der Waals surface area (Å²) in [4.78, 5) is 11.7. The van der Waals surface area contributed by atoms with Gasteiger partial charge in [0, 0.05) is 6.42 Å². The van der Waals surface area contributed by atoms with Crippen LogP contribution in [0.1, 0.15) is 40.0 Å². The van der Waals surface area contributed by atoms with Gasteiger partial charge in [-0.15, -0.1) is 0 Å². The van der Waals surface area contributed by atoms with Crippen LogP contribution in [0.4, 0.5) is 11.4 Å². The lowest BCUT2D eigenvalue weighted by Crippen LogP contribution is -2.14. The van der Waals surface area contributed by atoms with Gasteiger partial charge < -0.3 is 11.1 Å². The van der Waals surface area contributed by atoms with Gasteiger partial charge in [-0.1, -0.05) is 32.9 Å². The minimum Gasteiger partial charge on any atom is -0.397 e. The third-order valence-corrected chi connectivity index (χ3v) is 2.57. The average Bonchev–Trinajstić information content (AvgIpc) is 2.19. The standard InChI is InChI=1S/C14H22N2O/c1-14(2,3)10-6-9-13(17)16-12-8-5-4-7-11(12)15/h4-5,7-8H,6,9-10,15H2,1-3H3,(H,16,17). The van der Waals surface area contributed by atoms with Gasteiger partial charge in [0.1, 0.15) is 0 Å². The second kappa shape index (κ2) is 5.71. The molecule has 0 saturated carbocycles. The van der Waals surface area contributed by atoms with Crippen LogP contribution in [0.3, 0.4) is 0 Å². The molecule has 0 aliphatic rings. The van der Waals surface area contributed by atoms with Gasteiger partial charge in [0.05, 0.1) is 11.4 Å². The predicted molar refractivity (Wildman–Crippen MR) is 72.8 cm³/mol. The van der Waals surface area contributed by atoms with E-state index >= 15 is 0 Å². The van der Waals surface area contributed by atoms with Crippen molar-refractivity contribution in [2.24, 2.45) is 5.41 Å². The highest BCUT2D eigenvalue weighted by molar-refractivity contribution is 5.93. The molecule has 3 N–H and O–H groups in total. The van der Waals surface area contributed by atoms with Gasteiger partial charge in [0.2, 0.25) is 5.91 Å². The van der Waals surface area contributed by atoms with Crippen molar-refractivity contribution >= 4 is 17.3 Å². The van der Waals surface area contributed by atoms with Gasteiger partial charge in [0.15, 0.2) is 0 Å². The minimum absolute atomic E-state index is 0.0344. The Morgan fingerprint density at radius 2 is 1.94 bits per heavy atom. The first kappa shape index (κ1) is 13.6. The van der Waals surface area contributed by atoms with E-state index in [1.807, 2.05) is 18.2 Å². The lowest BCUT2D eigenvalue weighted by molar-refractivity contribution is -0.116. The maximum Gasteiger partial charge on any atom is 0.224 e. The summed E-state index contributed by atoms with van der Waals surface area (Å²) in [6.45, 7) is 6.54. The zero-order chi connectivity index (χ0) is 12.9. The van der Waals surface area contributed by atoms with Gasteiger partial charge in [-0.2, -0.15) is 0 Å². The molecule has 0 spiro atoms. The van der Waals surface area contributed by atoms with Crippen LogP contribution >= 0.6 is 0 Å². The molecule has 1 aromatic rings. The third-order valence-electron chi connectivity index (χ3n) is 2.57. The molecule has 0 radical (unpaired) electrons. The van der Waals surface area contributed by atoms with Gasteiger partial charge in [-0.3, -0.25) is 4.79 Å². The van der Waals surface area contributed by atoms with E-state index < -0.39 is 0 Å². The third kappa shape index (κ3) is 5.38. The Labute approximate surface area is 103 Å². The molecule has 3 nitrogen and oxygen atoms in total. The molecular formula is C14H22N2O. The highest BCUT2D eigenvalue weighted by atomic mass is 16.1. The van der Waals surface area contributed by atoms with Gasteiger partial charge in [-0.25, -0.2) is 0 Å². The maximum absolute atomic E-state index is 11.7. The van der Waals surface area contributed by atoms with Crippen molar-refractivity contribution in [3.8, 4) is 0 Å². The van der Waals surface area contributed by atoms with Crippen LogP contribution in [0.15, 0.2) is 24.3 Å². The number of carbonyl (C=O) groups excluding carboxylic acids is 1. The first-order chi connectivity index (χ1) is 7.88. The van der Waals surface area contributed by atoms with Crippen molar-refractivity contribution in [1.29, 1.82) is 0 Å². The SMILES string of the molecule is CC(C)(C)CCCC(=O)Nc1ccccc1N. The van der Waals surface area contributed by atoms with Crippen LogP contribution in [-0.4, -0.2) is 5.91 Å². The fraction of sp³-hybridized carbons (Fsp3) is 0.500. The van der Waals surface area contributed by atoms with Crippen molar-refractivity contribution in [3.05, 3.63) is 24.3 Å². The Hall–Kier alpha value is -1.51. The van der Waals surface area contributed by atoms with E-state index in [0.717, 1.165) is 12.8 Å². The van der Waals surface area contributed by atoms with Gasteiger partial charge in [0.25, 0.3) is 0 Å². The second-order valence-corrected chi connectivity index (χ2v) is 5.55. The molecular weight excluding hydrogens is 212 g/mol. The monoisotopic (exact) mass is 234 g/mol. The Balaban J connectivity index is 2.38. The number of anilines is 2. The number of para-hydroxylation sites is 2.